The van der Waals surface area contributed by atoms with Gasteiger partial charge >= 0.3 is 0 Å². The molecule has 7 heteroatoms. The average molecular weight is 498 g/mol. The van der Waals surface area contributed by atoms with Gasteiger partial charge in [-0.15, -0.1) is 0 Å². The number of nitrogens with zero attached hydrogens (tertiary/aromatic N) is 1. The average Bonchev–Trinajstić information content (AvgIpc) is 2.69. The minimum Gasteiger partial charge on any atom is -0.484 e. The monoisotopic (exact) mass is 498 g/mol. The number of ether oxygens (including phenoxy) is 1. The van der Waals surface area contributed by atoms with Crippen LogP contribution in [0.5, 0.6) is 5.75 Å². The highest BCUT2D eigenvalue weighted by molar-refractivity contribution is 14.1. The standard InChI is InChI=1S/C21H24FIN2O3/c1-3-19(21(27)24-4-2)25(13-15-5-7-16(22)8-6-15)20(26)14-28-18-11-9-17(23)10-12-18/h5-12,19H,3-4,13-14H2,1-2H3,(H,24,27)/t19-/m1/s1. The van der Waals surface area contributed by atoms with Crippen LogP contribution in [0.1, 0.15) is 25.8 Å². The van der Waals surface area contributed by atoms with Gasteiger partial charge in [-0.2, -0.15) is 0 Å². The molecule has 1 N–H and O–H groups in total. The summed E-state index contributed by atoms with van der Waals surface area (Å²) in [4.78, 5) is 26.9. The van der Waals surface area contributed by atoms with Crippen molar-refractivity contribution in [2.24, 2.45) is 0 Å². The van der Waals surface area contributed by atoms with Gasteiger partial charge in [-0.3, -0.25) is 9.59 Å². The Morgan fingerprint density at radius 3 is 2.32 bits per heavy atom. The van der Waals surface area contributed by atoms with Crippen LogP contribution in [0, 0.1) is 9.39 Å². The highest BCUT2D eigenvalue weighted by Crippen LogP contribution is 2.16. The zero-order valence-electron chi connectivity index (χ0n) is 16.0. The van der Waals surface area contributed by atoms with E-state index in [1.807, 2.05) is 26.0 Å². The number of likely N-dealkylation sites (N-methyl/N-ethyl adjacent to an activating group) is 1. The van der Waals surface area contributed by atoms with Crippen LogP contribution in [0.3, 0.4) is 0 Å². The van der Waals surface area contributed by atoms with E-state index in [1.54, 1.807) is 24.3 Å². The third-order valence-corrected chi connectivity index (χ3v) is 4.90. The first-order chi connectivity index (χ1) is 13.4. The molecule has 5 nitrogen and oxygen atoms in total. The number of hydrogen-bond donors (Lipinski definition) is 1. The van der Waals surface area contributed by atoms with Crippen LogP contribution in [0.2, 0.25) is 0 Å². The summed E-state index contributed by atoms with van der Waals surface area (Å²) < 4.78 is 19.9. The summed E-state index contributed by atoms with van der Waals surface area (Å²) >= 11 is 2.19. The molecule has 0 aliphatic rings. The molecule has 2 rings (SSSR count). The lowest BCUT2D eigenvalue weighted by Gasteiger charge is -2.30. The van der Waals surface area contributed by atoms with Gasteiger partial charge < -0.3 is 15.0 Å². The van der Waals surface area contributed by atoms with Gasteiger partial charge in [0.05, 0.1) is 0 Å². The van der Waals surface area contributed by atoms with Crippen molar-refractivity contribution in [1.82, 2.24) is 10.2 Å². The van der Waals surface area contributed by atoms with Crippen molar-refractivity contribution in [2.75, 3.05) is 13.2 Å². The van der Waals surface area contributed by atoms with Gasteiger partial charge in [-0.1, -0.05) is 19.1 Å². The van der Waals surface area contributed by atoms with Crippen molar-refractivity contribution in [3.63, 3.8) is 0 Å². The predicted molar refractivity (Wildman–Crippen MR) is 114 cm³/mol. The Balaban J connectivity index is 2.16. The molecule has 2 aromatic rings. The van der Waals surface area contributed by atoms with Crippen LogP contribution in [-0.4, -0.2) is 35.9 Å². The second-order valence-corrected chi connectivity index (χ2v) is 7.45. The second-order valence-electron chi connectivity index (χ2n) is 6.21. The van der Waals surface area contributed by atoms with E-state index in [0.717, 1.165) is 9.13 Å². The van der Waals surface area contributed by atoms with Crippen molar-refractivity contribution >= 4 is 34.4 Å². The maximum Gasteiger partial charge on any atom is 0.261 e. The molecule has 0 saturated carbocycles. The van der Waals surface area contributed by atoms with Gasteiger partial charge in [0.15, 0.2) is 6.61 Å². The van der Waals surface area contributed by atoms with E-state index in [9.17, 15) is 14.0 Å². The van der Waals surface area contributed by atoms with Crippen LogP contribution in [0.4, 0.5) is 4.39 Å². The summed E-state index contributed by atoms with van der Waals surface area (Å²) in [5, 5.41) is 2.77. The number of rotatable bonds is 9. The van der Waals surface area contributed by atoms with Gasteiger partial charge in [0.1, 0.15) is 17.6 Å². The minimum atomic E-state index is -0.627. The Morgan fingerprint density at radius 2 is 1.75 bits per heavy atom. The molecular weight excluding hydrogens is 474 g/mol. The smallest absolute Gasteiger partial charge is 0.261 e. The van der Waals surface area contributed by atoms with Crippen molar-refractivity contribution in [3.05, 3.63) is 63.5 Å². The van der Waals surface area contributed by atoms with Gasteiger partial charge in [0.25, 0.3) is 5.91 Å². The lowest BCUT2D eigenvalue weighted by atomic mass is 10.1. The summed E-state index contributed by atoms with van der Waals surface area (Å²) in [5.41, 5.74) is 0.742. The summed E-state index contributed by atoms with van der Waals surface area (Å²) in [7, 11) is 0. The Kier molecular flexibility index (Phi) is 8.69. The third kappa shape index (κ3) is 6.47. The molecule has 0 saturated heterocycles. The van der Waals surface area contributed by atoms with E-state index in [-0.39, 0.29) is 30.8 Å². The first-order valence-electron chi connectivity index (χ1n) is 9.14. The van der Waals surface area contributed by atoms with E-state index in [1.165, 1.54) is 17.0 Å². The molecule has 150 valence electrons. The summed E-state index contributed by atoms with van der Waals surface area (Å²) in [6.07, 6.45) is 0.461. The largest absolute Gasteiger partial charge is 0.484 e. The second kappa shape index (κ2) is 11.0. The number of halogens is 2. The molecule has 1 atom stereocenters. The van der Waals surface area contributed by atoms with Crippen molar-refractivity contribution in [3.8, 4) is 5.75 Å². The highest BCUT2D eigenvalue weighted by atomic mass is 127. The van der Waals surface area contributed by atoms with Crippen LogP contribution < -0.4 is 10.1 Å². The lowest BCUT2D eigenvalue weighted by molar-refractivity contribution is -0.142. The first-order valence-corrected chi connectivity index (χ1v) is 10.2. The Bertz CT molecular complexity index is 781. The van der Waals surface area contributed by atoms with Gasteiger partial charge in [0.2, 0.25) is 5.91 Å². The fourth-order valence-electron chi connectivity index (χ4n) is 2.76. The quantitative estimate of drug-likeness (QED) is 0.536. The third-order valence-electron chi connectivity index (χ3n) is 4.18. The predicted octanol–water partition coefficient (Wildman–Crippen LogP) is 3.75. The van der Waals surface area contributed by atoms with Gasteiger partial charge in [-0.25, -0.2) is 4.39 Å². The number of carbonyl (C=O) groups excluding carboxylic acids is 2. The SMILES string of the molecule is CCNC(=O)[C@@H](CC)N(Cc1ccc(F)cc1)C(=O)COc1ccc(I)cc1. The Labute approximate surface area is 178 Å². The molecule has 0 heterocycles. The molecule has 28 heavy (non-hydrogen) atoms. The van der Waals surface area contributed by atoms with Gasteiger partial charge in [0, 0.05) is 16.7 Å². The molecule has 0 aliphatic heterocycles. The van der Waals surface area contributed by atoms with Crippen molar-refractivity contribution < 1.29 is 18.7 Å². The molecule has 0 fully saturated rings. The summed E-state index contributed by atoms with van der Waals surface area (Å²) in [6.45, 7) is 4.18. The van der Waals surface area contributed by atoms with Crippen molar-refractivity contribution in [1.29, 1.82) is 0 Å². The number of carbonyl (C=O) groups is 2. The van der Waals surface area contributed by atoms with E-state index in [4.69, 9.17) is 4.74 Å². The zero-order chi connectivity index (χ0) is 20.5. The van der Waals surface area contributed by atoms with Crippen LogP contribution in [0.15, 0.2) is 48.5 Å². The van der Waals surface area contributed by atoms with Crippen LogP contribution in [0.25, 0.3) is 0 Å². The Hall–Kier alpha value is -2.16. The lowest BCUT2D eigenvalue weighted by Crippen LogP contribution is -2.50. The van der Waals surface area contributed by atoms with Crippen LogP contribution in [-0.2, 0) is 16.1 Å². The molecule has 0 bridgehead atoms. The maximum atomic E-state index is 13.2. The van der Waals surface area contributed by atoms with Crippen molar-refractivity contribution in [2.45, 2.75) is 32.9 Å². The van der Waals surface area contributed by atoms with E-state index in [0.29, 0.717) is 18.7 Å². The Morgan fingerprint density at radius 1 is 1.11 bits per heavy atom. The van der Waals surface area contributed by atoms with Gasteiger partial charge in [-0.05, 0) is 77.9 Å². The molecule has 0 aromatic heterocycles. The molecular formula is C21H24FIN2O3. The van der Waals surface area contributed by atoms with E-state index in [2.05, 4.69) is 27.9 Å². The summed E-state index contributed by atoms with van der Waals surface area (Å²) in [6, 6.07) is 12.6. The molecule has 2 amide bonds. The number of benzene rings is 2. The maximum absolute atomic E-state index is 13.2. The number of hydrogen-bond acceptors (Lipinski definition) is 3. The minimum absolute atomic E-state index is 0.183. The summed E-state index contributed by atoms with van der Waals surface area (Å²) in [5.74, 6) is -0.281. The fraction of sp³-hybridized carbons (Fsp3) is 0.333. The fourth-order valence-corrected chi connectivity index (χ4v) is 3.12. The highest BCUT2D eigenvalue weighted by Gasteiger charge is 2.28. The normalized spacial score (nSPS) is 11.6. The topological polar surface area (TPSA) is 58.6 Å². The zero-order valence-corrected chi connectivity index (χ0v) is 18.1. The molecule has 2 aromatic carbocycles. The van der Waals surface area contributed by atoms with Crippen LogP contribution >= 0.6 is 22.6 Å². The first kappa shape index (κ1) is 22.1. The van der Waals surface area contributed by atoms with E-state index >= 15 is 0 Å². The van der Waals surface area contributed by atoms with E-state index < -0.39 is 6.04 Å². The molecule has 0 unspecified atom stereocenters. The molecule has 0 aliphatic carbocycles. The number of amides is 2. The molecule has 0 spiro atoms. The number of nitrogens with one attached hydrogen (secondary N) is 1. The molecule has 0 radical (unpaired) electrons.